The summed E-state index contributed by atoms with van der Waals surface area (Å²) in [5.41, 5.74) is 1.64. The fourth-order valence-electron chi connectivity index (χ4n) is 2.87. The molecule has 1 aliphatic rings. The first-order valence-electron chi connectivity index (χ1n) is 7.79. The zero-order chi connectivity index (χ0) is 16.4. The van der Waals surface area contributed by atoms with Crippen molar-refractivity contribution in [2.45, 2.75) is 33.2 Å². The quantitative estimate of drug-likeness (QED) is 0.821. The first-order valence-corrected chi connectivity index (χ1v) is 8.59. The number of halogens is 1. The lowest BCUT2D eigenvalue weighted by atomic mass is 9.97. The minimum atomic E-state index is 0.0798. The van der Waals surface area contributed by atoms with E-state index in [4.69, 9.17) is 0 Å². The largest absolute Gasteiger partial charge is 0.341 e. The molecule has 0 spiro atoms. The van der Waals surface area contributed by atoms with Crippen LogP contribution in [0.1, 0.15) is 24.1 Å². The summed E-state index contributed by atoms with van der Waals surface area (Å²) in [5.74, 6) is 1.26. The molecule has 0 aliphatic carbocycles. The number of piperidine rings is 1. The van der Waals surface area contributed by atoms with E-state index in [1.807, 2.05) is 13.8 Å². The zero-order valence-corrected chi connectivity index (χ0v) is 15.0. The Morgan fingerprint density at radius 2 is 1.83 bits per heavy atom. The Morgan fingerprint density at radius 1 is 1.17 bits per heavy atom. The van der Waals surface area contributed by atoms with E-state index in [0.29, 0.717) is 5.92 Å². The molecule has 1 saturated heterocycles. The summed E-state index contributed by atoms with van der Waals surface area (Å²) in [4.78, 5) is 27.5. The van der Waals surface area contributed by atoms with Crippen molar-refractivity contribution >= 4 is 21.9 Å². The van der Waals surface area contributed by atoms with Crippen LogP contribution in [0, 0.1) is 19.8 Å². The van der Waals surface area contributed by atoms with Crippen LogP contribution in [0.15, 0.2) is 28.0 Å². The molecule has 0 radical (unpaired) electrons. The van der Waals surface area contributed by atoms with Gasteiger partial charge in [0.15, 0.2) is 0 Å². The van der Waals surface area contributed by atoms with Gasteiger partial charge in [0.05, 0.1) is 10.8 Å². The van der Waals surface area contributed by atoms with Crippen molar-refractivity contribution in [3.05, 3.63) is 44.8 Å². The summed E-state index contributed by atoms with van der Waals surface area (Å²) in [6.45, 7) is 6.28. The van der Waals surface area contributed by atoms with Crippen molar-refractivity contribution in [3.8, 4) is 0 Å². The molecule has 0 aromatic carbocycles. The lowest BCUT2D eigenvalue weighted by Crippen LogP contribution is -2.37. The molecule has 2 aromatic rings. The van der Waals surface area contributed by atoms with Gasteiger partial charge in [-0.2, -0.15) is 0 Å². The minimum absolute atomic E-state index is 0.0798. The van der Waals surface area contributed by atoms with Crippen LogP contribution in [0.3, 0.4) is 0 Å². The number of hydrogen-bond donors (Lipinski definition) is 0. The maximum Gasteiger partial charge on any atom is 0.256 e. The second kappa shape index (κ2) is 6.78. The smallest absolute Gasteiger partial charge is 0.256 e. The predicted octanol–water partition coefficient (Wildman–Crippen LogP) is 2.33. The molecule has 0 amide bonds. The average molecular weight is 378 g/mol. The molecule has 1 fully saturated rings. The second-order valence-corrected chi connectivity index (χ2v) is 6.96. The monoisotopic (exact) mass is 377 g/mol. The number of hydrogen-bond acceptors (Lipinski definition) is 5. The van der Waals surface area contributed by atoms with Gasteiger partial charge in [-0.1, -0.05) is 0 Å². The van der Waals surface area contributed by atoms with Crippen molar-refractivity contribution < 1.29 is 0 Å². The zero-order valence-electron chi connectivity index (χ0n) is 13.4. The van der Waals surface area contributed by atoms with Gasteiger partial charge in [0.2, 0.25) is 5.95 Å². The number of rotatable bonds is 3. The molecule has 0 saturated carbocycles. The number of aromatic nitrogens is 4. The van der Waals surface area contributed by atoms with Gasteiger partial charge < -0.3 is 4.90 Å². The Labute approximate surface area is 143 Å². The lowest BCUT2D eigenvalue weighted by Gasteiger charge is -2.32. The molecule has 6 nitrogen and oxygen atoms in total. The van der Waals surface area contributed by atoms with Crippen LogP contribution in [0.5, 0.6) is 0 Å². The summed E-state index contributed by atoms with van der Waals surface area (Å²) < 4.78 is 2.64. The van der Waals surface area contributed by atoms with Crippen LogP contribution in [0.25, 0.3) is 0 Å². The van der Waals surface area contributed by atoms with Crippen LogP contribution < -0.4 is 10.5 Å². The minimum Gasteiger partial charge on any atom is -0.341 e. The third-order valence-corrected chi connectivity index (χ3v) is 4.88. The molecule has 2 aromatic heterocycles. The summed E-state index contributed by atoms with van der Waals surface area (Å²) in [6.07, 6.45) is 7.27. The Kier molecular flexibility index (Phi) is 4.75. The van der Waals surface area contributed by atoms with E-state index < -0.39 is 0 Å². The first kappa shape index (κ1) is 16.1. The summed E-state index contributed by atoms with van der Waals surface area (Å²) in [5, 5.41) is 0. The molecule has 0 N–H and O–H groups in total. The van der Waals surface area contributed by atoms with Crippen LogP contribution in [0.2, 0.25) is 0 Å². The van der Waals surface area contributed by atoms with Crippen molar-refractivity contribution in [2.75, 3.05) is 18.0 Å². The van der Waals surface area contributed by atoms with Crippen molar-refractivity contribution in [2.24, 2.45) is 5.92 Å². The topological polar surface area (TPSA) is 63.9 Å². The van der Waals surface area contributed by atoms with E-state index in [2.05, 4.69) is 35.8 Å². The highest BCUT2D eigenvalue weighted by atomic mass is 79.9. The summed E-state index contributed by atoms with van der Waals surface area (Å²) in [6, 6.07) is 0. The summed E-state index contributed by atoms with van der Waals surface area (Å²) in [7, 11) is 0. The normalized spacial score (nSPS) is 15.9. The van der Waals surface area contributed by atoms with Crippen molar-refractivity contribution in [3.63, 3.8) is 0 Å². The highest BCUT2D eigenvalue weighted by Crippen LogP contribution is 2.22. The third-order valence-electron chi connectivity index (χ3n) is 4.47. The molecule has 3 rings (SSSR count). The molecular weight excluding hydrogens is 358 g/mol. The van der Waals surface area contributed by atoms with E-state index in [1.54, 1.807) is 23.3 Å². The van der Waals surface area contributed by atoms with Crippen LogP contribution >= 0.6 is 15.9 Å². The molecule has 0 bridgehead atoms. The third kappa shape index (κ3) is 3.60. The number of aryl methyl sites for hydroxylation is 1. The van der Waals surface area contributed by atoms with Gasteiger partial charge in [0.1, 0.15) is 0 Å². The van der Waals surface area contributed by atoms with Gasteiger partial charge in [-0.05, 0) is 48.5 Å². The van der Waals surface area contributed by atoms with Gasteiger partial charge in [0.25, 0.3) is 5.56 Å². The van der Waals surface area contributed by atoms with E-state index in [-0.39, 0.29) is 5.56 Å². The highest BCUT2D eigenvalue weighted by Gasteiger charge is 2.21. The average Bonchev–Trinajstić information content (AvgIpc) is 2.57. The van der Waals surface area contributed by atoms with E-state index in [0.717, 1.165) is 54.2 Å². The van der Waals surface area contributed by atoms with Gasteiger partial charge in [-0.15, -0.1) is 0 Å². The maximum atomic E-state index is 12.3. The Balaban J connectivity index is 1.62. The molecule has 7 heteroatoms. The first-order chi connectivity index (χ1) is 11.0. The lowest BCUT2D eigenvalue weighted by molar-refractivity contribution is 0.348. The molecule has 1 aliphatic heterocycles. The van der Waals surface area contributed by atoms with Crippen LogP contribution in [-0.2, 0) is 6.54 Å². The Morgan fingerprint density at radius 3 is 2.48 bits per heavy atom. The number of nitrogens with zero attached hydrogens (tertiary/aromatic N) is 5. The fourth-order valence-corrected chi connectivity index (χ4v) is 3.07. The fraction of sp³-hybridized carbons (Fsp3) is 0.500. The Bertz CT molecular complexity index is 735. The molecule has 23 heavy (non-hydrogen) atoms. The molecule has 0 unspecified atom stereocenters. The molecule has 0 atom stereocenters. The molecule has 3 heterocycles. The summed E-state index contributed by atoms with van der Waals surface area (Å²) >= 11 is 3.35. The van der Waals surface area contributed by atoms with E-state index in [1.165, 1.54) is 0 Å². The van der Waals surface area contributed by atoms with Gasteiger partial charge >= 0.3 is 0 Å². The van der Waals surface area contributed by atoms with Crippen LogP contribution in [0.4, 0.5) is 5.95 Å². The molecule has 122 valence electrons. The SMILES string of the molecule is Cc1ncn(CC2CCN(c3ncc(Br)cn3)CC2)c(=O)c1C. The van der Waals surface area contributed by atoms with Crippen LogP contribution in [-0.4, -0.2) is 32.6 Å². The van der Waals surface area contributed by atoms with Crippen molar-refractivity contribution in [1.82, 2.24) is 19.5 Å². The van der Waals surface area contributed by atoms with Gasteiger partial charge in [-0.3, -0.25) is 9.36 Å². The number of anilines is 1. The molecular formula is C16H20BrN5O. The van der Waals surface area contributed by atoms with Crippen molar-refractivity contribution in [1.29, 1.82) is 0 Å². The Hall–Kier alpha value is -1.76. The van der Waals surface area contributed by atoms with E-state index >= 15 is 0 Å². The van der Waals surface area contributed by atoms with E-state index in [9.17, 15) is 4.79 Å². The maximum absolute atomic E-state index is 12.3. The standard InChI is InChI=1S/C16H20BrN5O/c1-11-12(2)20-10-22(15(11)23)9-13-3-5-21(6-4-13)16-18-7-14(17)8-19-16/h7-8,10,13H,3-6,9H2,1-2H3. The predicted molar refractivity (Wildman–Crippen MR) is 92.6 cm³/mol. The highest BCUT2D eigenvalue weighted by molar-refractivity contribution is 9.10. The van der Waals surface area contributed by atoms with Gasteiger partial charge in [-0.25, -0.2) is 15.0 Å². The van der Waals surface area contributed by atoms with Gasteiger partial charge in [0, 0.05) is 43.3 Å². The second-order valence-electron chi connectivity index (χ2n) is 6.04.